The molecule has 4 aromatic carbocycles. The lowest BCUT2D eigenvalue weighted by Gasteiger charge is -2.35. The molecule has 1 atom stereocenters. The van der Waals surface area contributed by atoms with Crippen LogP contribution in [-0.4, -0.2) is 57.5 Å². The van der Waals surface area contributed by atoms with Crippen molar-refractivity contribution in [2.75, 3.05) is 25.1 Å². The number of carbonyl (C=O) groups is 2. The Morgan fingerprint density at radius 3 is 1.98 bits per heavy atom. The Bertz CT molecular complexity index is 1760. The third kappa shape index (κ3) is 9.10. The van der Waals surface area contributed by atoms with Crippen molar-refractivity contribution in [3.8, 4) is 11.5 Å². The Balaban J connectivity index is 1.84. The molecule has 0 aliphatic rings. The minimum Gasteiger partial charge on any atom is -0.493 e. The predicted molar refractivity (Wildman–Crippen MR) is 179 cm³/mol. The van der Waals surface area contributed by atoms with E-state index in [4.69, 9.17) is 9.47 Å². The summed E-state index contributed by atoms with van der Waals surface area (Å²) in [6.07, 6.45) is 0.150. The third-order valence-electron chi connectivity index (χ3n) is 7.30. The van der Waals surface area contributed by atoms with Gasteiger partial charge in [0, 0.05) is 24.6 Å². The lowest BCUT2D eigenvalue weighted by atomic mass is 10.0. The largest absolute Gasteiger partial charge is 0.493 e. The predicted octanol–water partition coefficient (Wildman–Crippen LogP) is 5.59. The highest BCUT2D eigenvalue weighted by Gasteiger charge is 2.36. The van der Waals surface area contributed by atoms with Gasteiger partial charge in [0.1, 0.15) is 18.4 Å². The van der Waals surface area contributed by atoms with Gasteiger partial charge in [0.15, 0.2) is 11.5 Å². The summed E-state index contributed by atoms with van der Waals surface area (Å²) in [5, 5.41) is 2.98. The van der Waals surface area contributed by atoms with Gasteiger partial charge in [0.25, 0.3) is 10.0 Å². The first-order chi connectivity index (χ1) is 22.3. The Hall–Kier alpha value is -4.90. The summed E-state index contributed by atoms with van der Waals surface area (Å²) in [5.74, 6) is -0.875. The molecule has 0 aromatic heterocycles. The van der Waals surface area contributed by atoms with Crippen LogP contribution in [0.5, 0.6) is 11.5 Å². The lowest BCUT2D eigenvalue weighted by Crippen LogP contribution is -2.56. The average molecular weight is 662 g/mol. The number of anilines is 1. The summed E-state index contributed by atoms with van der Waals surface area (Å²) < 4.78 is 54.0. The molecule has 0 saturated carbocycles. The molecule has 0 heterocycles. The summed E-state index contributed by atoms with van der Waals surface area (Å²) in [5.41, 5.74) is 0.885. The summed E-state index contributed by atoms with van der Waals surface area (Å²) >= 11 is 0. The van der Waals surface area contributed by atoms with Crippen molar-refractivity contribution in [3.63, 3.8) is 0 Å². The number of benzene rings is 4. The molecule has 0 fully saturated rings. The van der Waals surface area contributed by atoms with Gasteiger partial charge in [-0.2, -0.15) is 0 Å². The van der Waals surface area contributed by atoms with Crippen molar-refractivity contribution >= 4 is 27.5 Å². The highest BCUT2D eigenvalue weighted by Crippen LogP contribution is 2.34. The van der Waals surface area contributed by atoms with Gasteiger partial charge < -0.3 is 19.7 Å². The number of ether oxygens (including phenoxy) is 2. The third-order valence-corrected chi connectivity index (χ3v) is 9.09. The van der Waals surface area contributed by atoms with Crippen molar-refractivity contribution in [1.82, 2.24) is 10.2 Å². The number of methoxy groups -OCH3 is 2. The van der Waals surface area contributed by atoms with Gasteiger partial charge in [-0.15, -0.1) is 0 Å². The van der Waals surface area contributed by atoms with Crippen LogP contribution in [0.25, 0.3) is 0 Å². The molecular formula is C36H40FN3O6S. The maximum Gasteiger partial charge on any atom is 0.264 e. The van der Waals surface area contributed by atoms with Gasteiger partial charge in [0.2, 0.25) is 11.8 Å². The zero-order valence-electron chi connectivity index (χ0n) is 27.1. The van der Waals surface area contributed by atoms with Crippen molar-refractivity contribution < 1.29 is 31.9 Å². The number of nitrogens with zero attached hydrogens (tertiary/aromatic N) is 2. The molecule has 0 radical (unpaired) electrons. The van der Waals surface area contributed by atoms with Crippen LogP contribution in [0.1, 0.15) is 31.9 Å². The molecule has 0 saturated heterocycles. The molecule has 0 aliphatic carbocycles. The number of carbonyl (C=O) groups excluding carboxylic acids is 2. The van der Waals surface area contributed by atoms with E-state index in [-0.39, 0.29) is 29.3 Å². The second-order valence-electron chi connectivity index (χ2n) is 12.0. The molecule has 4 aromatic rings. The van der Waals surface area contributed by atoms with Crippen LogP contribution in [0.4, 0.5) is 10.1 Å². The molecule has 11 heteroatoms. The maximum absolute atomic E-state index is 14.6. The SMILES string of the molecule is COc1ccc(N(CC(=O)N(Cc2ccc(F)cc2)[C@H](Cc2ccccc2)C(=O)NC(C)(C)C)S(=O)(=O)c2ccccc2)cc1OC. The monoisotopic (exact) mass is 661 g/mol. The summed E-state index contributed by atoms with van der Waals surface area (Å²) in [7, 11) is -1.41. The quantitative estimate of drug-likeness (QED) is 0.200. The lowest BCUT2D eigenvalue weighted by molar-refractivity contribution is -0.140. The van der Waals surface area contributed by atoms with E-state index in [2.05, 4.69) is 5.32 Å². The second kappa shape index (κ2) is 15.1. The summed E-state index contributed by atoms with van der Waals surface area (Å²) in [4.78, 5) is 29.8. The van der Waals surface area contributed by atoms with E-state index >= 15 is 0 Å². The van der Waals surface area contributed by atoms with Crippen molar-refractivity contribution in [1.29, 1.82) is 0 Å². The van der Waals surface area contributed by atoms with E-state index in [0.29, 0.717) is 11.3 Å². The van der Waals surface area contributed by atoms with Crippen LogP contribution in [0.3, 0.4) is 0 Å². The van der Waals surface area contributed by atoms with Crippen molar-refractivity contribution in [2.24, 2.45) is 0 Å². The second-order valence-corrected chi connectivity index (χ2v) is 13.8. The number of amides is 2. The zero-order chi connectivity index (χ0) is 34.2. The highest BCUT2D eigenvalue weighted by atomic mass is 32.2. The number of hydrogen-bond donors (Lipinski definition) is 1. The van der Waals surface area contributed by atoms with Gasteiger partial charge in [-0.1, -0.05) is 60.7 Å². The fraction of sp³-hybridized carbons (Fsp3) is 0.278. The van der Waals surface area contributed by atoms with Gasteiger partial charge in [-0.3, -0.25) is 13.9 Å². The number of nitrogens with one attached hydrogen (secondary N) is 1. The number of hydrogen-bond acceptors (Lipinski definition) is 6. The van der Waals surface area contributed by atoms with E-state index in [1.165, 1.54) is 67.7 Å². The molecule has 0 bridgehead atoms. The van der Waals surface area contributed by atoms with Crippen molar-refractivity contribution in [3.05, 3.63) is 120 Å². The number of rotatable bonds is 13. The first-order valence-corrected chi connectivity index (χ1v) is 16.5. The molecular weight excluding hydrogens is 621 g/mol. The number of halogens is 1. The molecule has 47 heavy (non-hydrogen) atoms. The van der Waals surface area contributed by atoms with Crippen LogP contribution < -0.4 is 19.1 Å². The molecule has 4 rings (SSSR count). The molecule has 9 nitrogen and oxygen atoms in total. The minimum atomic E-state index is -4.30. The van der Waals surface area contributed by atoms with Crippen molar-refractivity contribution in [2.45, 2.75) is 50.2 Å². The smallest absolute Gasteiger partial charge is 0.264 e. The van der Waals surface area contributed by atoms with Gasteiger partial charge in [-0.25, -0.2) is 12.8 Å². The van der Waals surface area contributed by atoms with Crippen LogP contribution in [0.15, 0.2) is 108 Å². The molecule has 248 valence electrons. The fourth-order valence-corrected chi connectivity index (χ4v) is 6.45. The topological polar surface area (TPSA) is 105 Å². The zero-order valence-corrected chi connectivity index (χ0v) is 28.0. The van der Waals surface area contributed by atoms with Crippen LogP contribution in [-0.2, 0) is 32.6 Å². The van der Waals surface area contributed by atoms with Gasteiger partial charge in [0.05, 0.1) is 24.8 Å². The normalized spacial score (nSPS) is 12.1. The molecule has 0 aliphatic heterocycles. The van der Waals surface area contributed by atoms with E-state index in [0.717, 1.165) is 9.87 Å². The van der Waals surface area contributed by atoms with E-state index in [9.17, 15) is 22.4 Å². The Labute approximate surface area is 276 Å². The molecule has 0 spiro atoms. The Morgan fingerprint density at radius 1 is 0.809 bits per heavy atom. The fourth-order valence-electron chi connectivity index (χ4n) is 5.02. The van der Waals surface area contributed by atoms with Gasteiger partial charge >= 0.3 is 0 Å². The first kappa shape index (κ1) is 35.0. The molecule has 0 unspecified atom stereocenters. The minimum absolute atomic E-state index is 0.0287. The number of sulfonamides is 1. The van der Waals surface area contributed by atoms with Crippen LogP contribution in [0.2, 0.25) is 0 Å². The Kier molecular flexibility index (Phi) is 11.3. The molecule has 2 amide bonds. The first-order valence-electron chi connectivity index (χ1n) is 15.0. The Morgan fingerprint density at radius 2 is 1.40 bits per heavy atom. The maximum atomic E-state index is 14.6. The highest BCUT2D eigenvalue weighted by molar-refractivity contribution is 7.92. The van der Waals surface area contributed by atoms with Crippen LogP contribution >= 0.6 is 0 Å². The standard InChI is InChI=1S/C36H40FN3O6S/c1-36(2,3)38-35(42)31(22-26-12-8-6-9-13-26)39(24-27-16-18-28(37)19-17-27)34(41)25-40(47(43,44)30-14-10-7-11-15-30)29-20-21-32(45-4)33(23-29)46-5/h6-21,23,31H,22,24-25H2,1-5H3,(H,38,42)/t31-/m1/s1. The summed E-state index contributed by atoms with van der Waals surface area (Å²) in [6, 6.07) is 26.1. The van der Waals surface area contributed by atoms with E-state index in [1.807, 2.05) is 51.1 Å². The molecule has 1 N–H and O–H groups in total. The average Bonchev–Trinajstić information content (AvgIpc) is 3.05. The van der Waals surface area contributed by atoms with Gasteiger partial charge in [-0.05, 0) is 68.3 Å². The summed E-state index contributed by atoms with van der Waals surface area (Å²) in [6.45, 7) is 4.77. The van der Waals surface area contributed by atoms with E-state index < -0.39 is 45.8 Å². The van der Waals surface area contributed by atoms with E-state index in [1.54, 1.807) is 24.3 Å². The van der Waals surface area contributed by atoms with Crippen LogP contribution in [0, 0.1) is 5.82 Å².